The summed E-state index contributed by atoms with van der Waals surface area (Å²) in [4.78, 5) is 46.0. The molecule has 0 fully saturated rings. The van der Waals surface area contributed by atoms with Crippen LogP contribution in [0.3, 0.4) is 0 Å². The Kier molecular flexibility index (Phi) is 41.1. The van der Waals surface area contributed by atoms with Crippen LogP contribution in [0.1, 0.15) is 245 Å². The average molecular weight is 848 g/mol. The number of amides is 1. The SMILES string of the molecule is CCCCCCCCCCCCCCCCCCCCCCCC(=O)NC(COP(=O)(O)OCC(O)COC(=O)CCCCCCCCCCCCCCC)C(=O)O. The monoisotopic (exact) mass is 848 g/mol. The minimum absolute atomic E-state index is 0.153. The van der Waals surface area contributed by atoms with Crippen LogP contribution < -0.4 is 5.32 Å². The van der Waals surface area contributed by atoms with Gasteiger partial charge in [-0.3, -0.25) is 18.6 Å². The Labute approximate surface area is 354 Å². The van der Waals surface area contributed by atoms with Gasteiger partial charge in [0.2, 0.25) is 5.91 Å². The maximum atomic E-state index is 12.3. The van der Waals surface area contributed by atoms with Gasteiger partial charge in [-0.15, -0.1) is 0 Å². The molecule has 344 valence electrons. The van der Waals surface area contributed by atoms with E-state index in [2.05, 4.69) is 19.2 Å². The summed E-state index contributed by atoms with van der Waals surface area (Å²) in [6.07, 6.45) is 41.3. The summed E-state index contributed by atoms with van der Waals surface area (Å²) >= 11 is 0. The Morgan fingerprint density at radius 3 is 1.14 bits per heavy atom. The van der Waals surface area contributed by atoms with Gasteiger partial charge < -0.3 is 25.2 Å². The van der Waals surface area contributed by atoms with E-state index in [1.165, 1.54) is 167 Å². The van der Waals surface area contributed by atoms with E-state index in [0.717, 1.165) is 38.5 Å². The molecule has 0 spiro atoms. The van der Waals surface area contributed by atoms with Crippen molar-refractivity contribution in [2.45, 2.75) is 257 Å². The molecule has 0 radical (unpaired) electrons. The minimum Gasteiger partial charge on any atom is -0.480 e. The van der Waals surface area contributed by atoms with E-state index < -0.39 is 57.6 Å². The smallest absolute Gasteiger partial charge is 0.472 e. The zero-order chi connectivity index (χ0) is 42.8. The van der Waals surface area contributed by atoms with Gasteiger partial charge in [0.15, 0.2) is 6.04 Å². The highest BCUT2D eigenvalue weighted by atomic mass is 31.2. The number of esters is 1. The first-order valence-electron chi connectivity index (χ1n) is 24.1. The average Bonchev–Trinajstić information content (AvgIpc) is 3.20. The summed E-state index contributed by atoms with van der Waals surface area (Å²) in [6.45, 7) is 2.63. The van der Waals surface area contributed by atoms with Crippen molar-refractivity contribution in [3.63, 3.8) is 0 Å². The summed E-state index contributed by atoms with van der Waals surface area (Å²) in [6, 6.07) is -1.54. The molecule has 0 heterocycles. The highest BCUT2D eigenvalue weighted by Crippen LogP contribution is 2.43. The standard InChI is InChI=1S/C46H90NO10P/c1-3-5-7-9-11-13-15-17-18-19-20-21-22-23-24-26-27-29-31-33-35-37-44(49)47-43(46(51)52)41-57-58(53,54)56-40-42(48)39-55-45(50)38-36-34-32-30-28-25-16-14-12-10-8-6-4-2/h42-43,48H,3-41H2,1-2H3,(H,47,49)(H,51,52)(H,53,54). The van der Waals surface area contributed by atoms with Crippen molar-refractivity contribution in [3.05, 3.63) is 0 Å². The first-order valence-corrected chi connectivity index (χ1v) is 25.6. The van der Waals surface area contributed by atoms with Gasteiger partial charge in [-0.1, -0.05) is 219 Å². The van der Waals surface area contributed by atoms with Crippen LogP contribution in [0.2, 0.25) is 0 Å². The number of phosphoric ester groups is 1. The van der Waals surface area contributed by atoms with Gasteiger partial charge in [0.05, 0.1) is 13.2 Å². The number of carboxylic acid groups (broad SMARTS) is 1. The first-order chi connectivity index (χ1) is 28.1. The van der Waals surface area contributed by atoms with Crippen LogP contribution in [0.25, 0.3) is 0 Å². The fraction of sp³-hybridized carbons (Fsp3) is 0.935. The number of rotatable bonds is 46. The summed E-state index contributed by atoms with van der Waals surface area (Å²) < 4.78 is 26.9. The molecule has 11 nitrogen and oxygen atoms in total. The van der Waals surface area contributed by atoms with E-state index in [1.54, 1.807) is 0 Å². The summed E-state index contributed by atoms with van der Waals surface area (Å²) in [5.74, 6) is -2.35. The molecule has 0 aromatic heterocycles. The van der Waals surface area contributed by atoms with Crippen LogP contribution >= 0.6 is 7.82 Å². The Balaban J connectivity index is 3.81. The lowest BCUT2D eigenvalue weighted by Gasteiger charge is -2.18. The molecule has 12 heteroatoms. The number of aliphatic carboxylic acids is 1. The van der Waals surface area contributed by atoms with Crippen LogP contribution in [0.4, 0.5) is 0 Å². The van der Waals surface area contributed by atoms with E-state index in [9.17, 15) is 34.1 Å². The zero-order valence-corrected chi connectivity index (χ0v) is 38.3. The summed E-state index contributed by atoms with van der Waals surface area (Å²) in [5, 5.41) is 21.9. The van der Waals surface area contributed by atoms with Crippen LogP contribution in [0, 0.1) is 0 Å². The molecule has 3 unspecified atom stereocenters. The topological polar surface area (TPSA) is 169 Å². The zero-order valence-electron chi connectivity index (χ0n) is 37.4. The number of ether oxygens (including phenoxy) is 1. The van der Waals surface area contributed by atoms with Gasteiger partial charge in [-0.25, -0.2) is 9.36 Å². The fourth-order valence-electron chi connectivity index (χ4n) is 7.14. The molecule has 0 bridgehead atoms. The Hall–Kier alpha value is -1.52. The number of hydrogen-bond donors (Lipinski definition) is 4. The minimum atomic E-state index is -4.75. The second-order valence-electron chi connectivity index (χ2n) is 16.7. The third-order valence-electron chi connectivity index (χ3n) is 10.9. The number of carbonyl (C=O) groups is 3. The van der Waals surface area contributed by atoms with Crippen molar-refractivity contribution in [1.29, 1.82) is 0 Å². The van der Waals surface area contributed by atoms with Gasteiger partial charge in [0, 0.05) is 12.8 Å². The van der Waals surface area contributed by atoms with Crippen LogP contribution in [0.5, 0.6) is 0 Å². The molecule has 0 aromatic rings. The predicted octanol–water partition coefficient (Wildman–Crippen LogP) is 12.7. The highest BCUT2D eigenvalue weighted by molar-refractivity contribution is 7.47. The van der Waals surface area contributed by atoms with Crippen molar-refractivity contribution in [3.8, 4) is 0 Å². The van der Waals surface area contributed by atoms with Crippen LogP contribution in [0.15, 0.2) is 0 Å². The maximum absolute atomic E-state index is 12.3. The Bertz CT molecular complexity index is 1000. The Morgan fingerprint density at radius 2 is 0.793 bits per heavy atom. The number of aliphatic hydroxyl groups is 1. The summed E-state index contributed by atoms with van der Waals surface area (Å²) in [5.41, 5.74) is 0. The second-order valence-corrected chi connectivity index (χ2v) is 18.1. The van der Waals surface area contributed by atoms with Crippen LogP contribution in [-0.2, 0) is 32.7 Å². The van der Waals surface area contributed by atoms with E-state index in [4.69, 9.17) is 13.8 Å². The molecule has 0 aliphatic rings. The van der Waals surface area contributed by atoms with Crippen molar-refractivity contribution in [2.24, 2.45) is 0 Å². The fourth-order valence-corrected chi connectivity index (χ4v) is 7.91. The Morgan fingerprint density at radius 1 is 0.483 bits per heavy atom. The molecule has 0 saturated heterocycles. The van der Waals surface area contributed by atoms with Gasteiger partial charge in [0.25, 0.3) is 0 Å². The van der Waals surface area contributed by atoms with Gasteiger partial charge in [-0.2, -0.15) is 0 Å². The van der Waals surface area contributed by atoms with Crippen LogP contribution in [-0.4, -0.2) is 64.9 Å². The number of hydrogen-bond acceptors (Lipinski definition) is 8. The maximum Gasteiger partial charge on any atom is 0.472 e. The molecule has 3 atom stereocenters. The lowest BCUT2D eigenvalue weighted by atomic mass is 10.0. The number of aliphatic hydroxyl groups excluding tert-OH is 1. The van der Waals surface area contributed by atoms with Gasteiger partial charge >= 0.3 is 19.8 Å². The van der Waals surface area contributed by atoms with Gasteiger partial charge in [-0.05, 0) is 12.8 Å². The lowest BCUT2D eigenvalue weighted by molar-refractivity contribution is -0.147. The molecular formula is C46H90NO10P. The van der Waals surface area contributed by atoms with E-state index in [1.807, 2.05) is 0 Å². The number of unbranched alkanes of at least 4 members (excludes halogenated alkanes) is 32. The van der Waals surface area contributed by atoms with E-state index in [-0.39, 0.29) is 12.8 Å². The molecule has 0 aromatic carbocycles. The number of carbonyl (C=O) groups excluding carboxylic acids is 2. The number of nitrogens with one attached hydrogen (secondary N) is 1. The molecule has 0 aliphatic heterocycles. The molecular weight excluding hydrogens is 757 g/mol. The number of phosphoric acid groups is 1. The quantitative estimate of drug-likeness (QED) is 0.0263. The largest absolute Gasteiger partial charge is 0.480 e. The normalized spacial score (nSPS) is 13.6. The lowest BCUT2D eigenvalue weighted by Crippen LogP contribution is -2.43. The summed E-state index contributed by atoms with van der Waals surface area (Å²) in [7, 11) is -4.75. The molecule has 4 N–H and O–H groups in total. The van der Waals surface area contributed by atoms with E-state index >= 15 is 0 Å². The van der Waals surface area contributed by atoms with Crippen molar-refractivity contribution in [1.82, 2.24) is 5.32 Å². The van der Waals surface area contributed by atoms with Crippen molar-refractivity contribution >= 4 is 25.7 Å². The highest BCUT2D eigenvalue weighted by Gasteiger charge is 2.28. The molecule has 1 amide bonds. The third-order valence-corrected chi connectivity index (χ3v) is 11.8. The third kappa shape index (κ3) is 41.2. The van der Waals surface area contributed by atoms with E-state index in [0.29, 0.717) is 12.8 Å². The van der Waals surface area contributed by atoms with Crippen molar-refractivity contribution < 1.29 is 47.8 Å². The molecule has 0 aliphatic carbocycles. The van der Waals surface area contributed by atoms with Gasteiger partial charge in [0.1, 0.15) is 12.7 Å². The number of carboxylic acids is 1. The molecule has 58 heavy (non-hydrogen) atoms. The van der Waals surface area contributed by atoms with Crippen molar-refractivity contribution in [2.75, 3.05) is 19.8 Å². The molecule has 0 rings (SSSR count). The second kappa shape index (κ2) is 42.2. The first kappa shape index (κ1) is 56.5. The predicted molar refractivity (Wildman–Crippen MR) is 236 cm³/mol. The molecule has 0 saturated carbocycles.